The van der Waals surface area contributed by atoms with Crippen molar-refractivity contribution < 1.29 is 9.59 Å². The molecule has 2 fully saturated rings. The number of hydrogen-bond acceptors (Lipinski definition) is 3. The van der Waals surface area contributed by atoms with Crippen LogP contribution in [0.5, 0.6) is 0 Å². The Morgan fingerprint density at radius 2 is 1.86 bits per heavy atom. The molecule has 1 atom stereocenters. The van der Waals surface area contributed by atoms with Gasteiger partial charge in [-0.3, -0.25) is 14.4 Å². The predicted octanol–water partition coefficient (Wildman–Crippen LogP) is 2.91. The zero-order chi connectivity index (χ0) is 20.4. The summed E-state index contributed by atoms with van der Waals surface area (Å²) in [4.78, 5) is 44.4. The SMILES string of the molecule is CCN1C[C@]2(CCCN(C(=O)c3ccc(-c4ccccc4)[nH]c3=O)C2)CCC1=O. The summed E-state index contributed by atoms with van der Waals surface area (Å²) in [6.07, 6.45) is 3.28. The van der Waals surface area contributed by atoms with Crippen molar-refractivity contribution in [1.29, 1.82) is 0 Å². The van der Waals surface area contributed by atoms with Gasteiger partial charge >= 0.3 is 0 Å². The van der Waals surface area contributed by atoms with E-state index >= 15 is 0 Å². The van der Waals surface area contributed by atoms with Crippen molar-refractivity contribution in [2.75, 3.05) is 26.2 Å². The number of amides is 2. The Bertz CT molecular complexity index is 969. The van der Waals surface area contributed by atoms with E-state index in [1.807, 2.05) is 42.2 Å². The highest BCUT2D eigenvalue weighted by Crippen LogP contribution is 2.39. The van der Waals surface area contributed by atoms with Crippen LogP contribution in [0.3, 0.4) is 0 Å². The van der Waals surface area contributed by atoms with Crippen molar-refractivity contribution in [1.82, 2.24) is 14.8 Å². The fraction of sp³-hybridized carbons (Fsp3) is 0.435. The maximum absolute atomic E-state index is 13.1. The Labute approximate surface area is 170 Å². The zero-order valence-corrected chi connectivity index (χ0v) is 16.8. The van der Waals surface area contributed by atoms with Gasteiger partial charge in [-0.25, -0.2) is 0 Å². The zero-order valence-electron chi connectivity index (χ0n) is 16.8. The molecule has 2 amide bonds. The van der Waals surface area contributed by atoms with E-state index in [0.717, 1.165) is 24.8 Å². The standard InChI is InChI=1S/C23H27N3O3/c1-2-25-15-23(13-11-20(25)27)12-6-14-26(16-23)22(29)18-9-10-19(24-21(18)28)17-7-4-3-5-8-17/h3-5,7-10H,2,6,11-16H2,1H3,(H,24,28)/t23-/m0/s1. The molecular formula is C23H27N3O3. The number of carbonyl (C=O) groups is 2. The average molecular weight is 393 g/mol. The lowest BCUT2D eigenvalue weighted by Gasteiger charge is -2.48. The third kappa shape index (κ3) is 3.84. The van der Waals surface area contributed by atoms with Gasteiger partial charge in [-0.2, -0.15) is 0 Å². The Morgan fingerprint density at radius 1 is 1.07 bits per heavy atom. The maximum atomic E-state index is 13.1. The van der Waals surface area contributed by atoms with Gasteiger partial charge in [0.1, 0.15) is 5.56 Å². The van der Waals surface area contributed by atoms with Crippen LogP contribution in [0.15, 0.2) is 47.3 Å². The molecule has 0 radical (unpaired) electrons. The highest BCUT2D eigenvalue weighted by molar-refractivity contribution is 5.94. The minimum Gasteiger partial charge on any atom is -0.342 e. The van der Waals surface area contributed by atoms with Gasteiger partial charge in [0.25, 0.3) is 11.5 Å². The van der Waals surface area contributed by atoms with Crippen LogP contribution in [-0.2, 0) is 4.79 Å². The normalized spacial score (nSPS) is 22.2. The quantitative estimate of drug-likeness (QED) is 0.871. The van der Waals surface area contributed by atoms with Gasteiger partial charge in [0.15, 0.2) is 0 Å². The lowest BCUT2D eigenvalue weighted by atomic mass is 9.73. The first-order valence-electron chi connectivity index (χ1n) is 10.4. The number of carbonyl (C=O) groups excluding carboxylic acids is 2. The van der Waals surface area contributed by atoms with Gasteiger partial charge < -0.3 is 14.8 Å². The van der Waals surface area contributed by atoms with Crippen molar-refractivity contribution in [3.8, 4) is 11.3 Å². The second-order valence-corrected chi connectivity index (χ2v) is 8.22. The van der Waals surface area contributed by atoms with Crippen LogP contribution in [0.2, 0.25) is 0 Å². The summed E-state index contributed by atoms with van der Waals surface area (Å²) >= 11 is 0. The number of aromatic amines is 1. The molecule has 152 valence electrons. The third-order valence-electron chi connectivity index (χ3n) is 6.30. The summed E-state index contributed by atoms with van der Waals surface area (Å²) < 4.78 is 0. The molecule has 2 saturated heterocycles. The van der Waals surface area contributed by atoms with E-state index < -0.39 is 0 Å². The van der Waals surface area contributed by atoms with Crippen molar-refractivity contribution in [2.24, 2.45) is 5.41 Å². The monoisotopic (exact) mass is 393 g/mol. The van der Waals surface area contributed by atoms with E-state index in [0.29, 0.717) is 38.3 Å². The summed E-state index contributed by atoms with van der Waals surface area (Å²) in [5.41, 5.74) is 1.39. The summed E-state index contributed by atoms with van der Waals surface area (Å²) in [5, 5.41) is 0. The van der Waals surface area contributed by atoms with E-state index in [1.165, 1.54) is 0 Å². The number of H-pyrrole nitrogens is 1. The molecule has 0 unspecified atom stereocenters. The smallest absolute Gasteiger partial charge is 0.261 e. The number of rotatable bonds is 3. The number of hydrogen-bond donors (Lipinski definition) is 1. The molecule has 0 aliphatic carbocycles. The van der Waals surface area contributed by atoms with E-state index in [2.05, 4.69) is 4.98 Å². The molecule has 1 aromatic heterocycles. The van der Waals surface area contributed by atoms with Crippen LogP contribution in [0, 0.1) is 5.41 Å². The molecule has 2 aromatic rings. The maximum Gasteiger partial charge on any atom is 0.261 e. The van der Waals surface area contributed by atoms with E-state index in [-0.39, 0.29) is 28.4 Å². The van der Waals surface area contributed by atoms with Gasteiger partial charge in [0.2, 0.25) is 5.91 Å². The van der Waals surface area contributed by atoms with Crippen LogP contribution in [0.25, 0.3) is 11.3 Å². The van der Waals surface area contributed by atoms with Crippen LogP contribution in [0.4, 0.5) is 0 Å². The lowest BCUT2D eigenvalue weighted by Crippen LogP contribution is -2.55. The van der Waals surface area contributed by atoms with Crippen molar-refractivity contribution >= 4 is 11.8 Å². The molecule has 2 aliphatic rings. The second kappa shape index (κ2) is 7.85. The summed E-state index contributed by atoms with van der Waals surface area (Å²) in [6.45, 7) is 4.66. The fourth-order valence-electron chi connectivity index (χ4n) is 4.70. The van der Waals surface area contributed by atoms with Gasteiger partial charge in [-0.05, 0) is 43.9 Å². The number of nitrogens with one attached hydrogen (secondary N) is 1. The molecule has 6 nitrogen and oxygen atoms in total. The fourth-order valence-corrected chi connectivity index (χ4v) is 4.70. The third-order valence-corrected chi connectivity index (χ3v) is 6.30. The summed E-state index contributed by atoms with van der Waals surface area (Å²) in [6, 6.07) is 13.0. The molecule has 6 heteroatoms. The molecule has 1 spiro atoms. The number of piperidine rings is 2. The highest BCUT2D eigenvalue weighted by Gasteiger charge is 2.42. The summed E-state index contributed by atoms with van der Waals surface area (Å²) in [7, 11) is 0. The van der Waals surface area contributed by atoms with Crippen molar-refractivity contribution in [2.45, 2.75) is 32.6 Å². The molecule has 1 aromatic carbocycles. The highest BCUT2D eigenvalue weighted by atomic mass is 16.2. The van der Waals surface area contributed by atoms with Crippen molar-refractivity contribution in [3.63, 3.8) is 0 Å². The van der Waals surface area contributed by atoms with Crippen LogP contribution in [0.1, 0.15) is 43.0 Å². The first-order chi connectivity index (χ1) is 14.0. The number of aromatic nitrogens is 1. The Balaban J connectivity index is 1.54. The largest absolute Gasteiger partial charge is 0.342 e. The molecule has 4 rings (SSSR count). The van der Waals surface area contributed by atoms with Gasteiger partial charge in [-0.15, -0.1) is 0 Å². The Morgan fingerprint density at radius 3 is 2.59 bits per heavy atom. The second-order valence-electron chi connectivity index (χ2n) is 8.22. The molecule has 0 saturated carbocycles. The van der Waals surface area contributed by atoms with Gasteiger partial charge in [0, 0.05) is 43.7 Å². The van der Waals surface area contributed by atoms with Gasteiger partial charge in [0.05, 0.1) is 0 Å². The number of likely N-dealkylation sites (tertiary alicyclic amines) is 2. The molecule has 1 N–H and O–H groups in total. The number of pyridine rings is 1. The number of benzene rings is 1. The Kier molecular flexibility index (Phi) is 5.26. The molecule has 3 heterocycles. The number of nitrogens with zero attached hydrogens (tertiary/aromatic N) is 2. The molecule has 0 bridgehead atoms. The van der Waals surface area contributed by atoms with Crippen LogP contribution < -0.4 is 5.56 Å². The van der Waals surface area contributed by atoms with E-state index in [4.69, 9.17) is 0 Å². The topological polar surface area (TPSA) is 73.5 Å². The minimum absolute atomic E-state index is 0.0471. The minimum atomic E-state index is -0.356. The van der Waals surface area contributed by atoms with Crippen molar-refractivity contribution in [3.05, 3.63) is 58.4 Å². The van der Waals surface area contributed by atoms with Crippen LogP contribution in [-0.4, -0.2) is 52.8 Å². The van der Waals surface area contributed by atoms with Gasteiger partial charge in [-0.1, -0.05) is 30.3 Å². The Hall–Kier alpha value is -2.89. The molecule has 29 heavy (non-hydrogen) atoms. The first-order valence-corrected chi connectivity index (χ1v) is 10.4. The molecular weight excluding hydrogens is 366 g/mol. The van der Waals surface area contributed by atoms with E-state index in [1.54, 1.807) is 17.0 Å². The van der Waals surface area contributed by atoms with E-state index in [9.17, 15) is 14.4 Å². The lowest BCUT2D eigenvalue weighted by molar-refractivity contribution is -0.138. The van der Waals surface area contributed by atoms with Crippen LogP contribution >= 0.6 is 0 Å². The first kappa shape index (κ1) is 19.4. The predicted molar refractivity (Wildman–Crippen MR) is 112 cm³/mol. The average Bonchev–Trinajstić information content (AvgIpc) is 2.76. The molecule has 2 aliphatic heterocycles. The summed E-state index contributed by atoms with van der Waals surface area (Å²) in [5.74, 6) is -0.0144.